The van der Waals surface area contributed by atoms with Crippen molar-refractivity contribution < 1.29 is 0 Å². The molecule has 0 saturated carbocycles. The monoisotopic (exact) mass is 265 g/mol. The fourth-order valence-electron chi connectivity index (χ4n) is 2.46. The summed E-state index contributed by atoms with van der Waals surface area (Å²) in [5.74, 6) is 0. The minimum Gasteiger partial charge on any atom is -0.363 e. The molecule has 0 unspecified atom stereocenters. The van der Waals surface area contributed by atoms with Crippen molar-refractivity contribution in [2.75, 3.05) is 11.9 Å². The highest BCUT2D eigenvalue weighted by molar-refractivity contribution is 7.14. The number of hydrogen-bond donors (Lipinski definition) is 0. The van der Waals surface area contributed by atoms with Crippen LogP contribution in [0.5, 0.6) is 0 Å². The second kappa shape index (κ2) is 5.11. The van der Waals surface area contributed by atoms with Gasteiger partial charge >= 0.3 is 0 Å². The maximum Gasteiger partial charge on any atom is 0.0908 e. The third kappa shape index (κ3) is 2.33. The van der Waals surface area contributed by atoms with Gasteiger partial charge in [-0.25, -0.2) is 0 Å². The summed E-state index contributed by atoms with van der Waals surface area (Å²) in [7, 11) is 2.21. The molecule has 90 valence electrons. The lowest BCUT2D eigenvalue weighted by Crippen LogP contribution is -2.31. The highest BCUT2D eigenvalue weighted by Gasteiger charge is 2.24. The van der Waals surface area contributed by atoms with Crippen molar-refractivity contribution in [1.82, 2.24) is 0 Å². The molecule has 3 rings (SSSR count). The maximum atomic E-state index is 2.42. The summed E-state index contributed by atoms with van der Waals surface area (Å²) < 4.78 is 0. The minimum atomic E-state index is 0. The summed E-state index contributed by atoms with van der Waals surface area (Å²) in [5.41, 5.74) is 3.05. The Morgan fingerprint density at radius 2 is 1.71 bits per heavy atom. The molecule has 0 amide bonds. The van der Waals surface area contributed by atoms with E-state index < -0.39 is 0 Å². The van der Waals surface area contributed by atoms with Crippen molar-refractivity contribution in [3.63, 3.8) is 0 Å². The van der Waals surface area contributed by atoms with Gasteiger partial charge in [-0.15, -0.1) is 23.7 Å². The van der Waals surface area contributed by atoms with Crippen LogP contribution in [0.1, 0.15) is 11.1 Å². The predicted molar refractivity (Wildman–Crippen MR) is 77.6 cm³/mol. The molecular formula is C14H16ClNS. The molecule has 0 saturated heterocycles. The standard InChI is InChI=1S/C14H15NS.ClH/c1-15(14-7-4-8-16-14)13-9-11-5-2-3-6-12(11)10-13;/h2-8,13H,9-10H2,1H3;1H. The van der Waals surface area contributed by atoms with Crippen LogP contribution in [0.2, 0.25) is 0 Å². The average Bonchev–Trinajstić information content (AvgIpc) is 2.97. The third-order valence-electron chi connectivity index (χ3n) is 3.43. The van der Waals surface area contributed by atoms with Crippen LogP contribution >= 0.6 is 23.7 Å². The van der Waals surface area contributed by atoms with Crippen LogP contribution in [-0.4, -0.2) is 13.1 Å². The Balaban J connectivity index is 0.00000108. The lowest BCUT2D eigenvalue weighted by molar-refractivity contribution is 0.671. The fraction of sp³-hybridized carbons (Fsp3) is 0.286. The number of hydrogen-bond acceptors (Lipinski definition) is 2. The Hall–Kier alpha value is -0.990. The van der Waals surface area contributed by atoms with Gasteiger partial charge in [-0.1, -0.05) is 24.3 Å². The van der Waals surface area contributed by atoms with Crippen LogP contribution in [0.3, 0.4) is 0 Å². The normalized spacial score (nSPS) is 14.2. The van der Waals surface area contributed by atoms with E-state index in [4.69, 9.17) is 0 Å². The summed E-state index contributed by atoms with van der Waals surface area (Å²) in [5, 5.41) is 3.52. The number of benzene rings is 1. The maximum absolute atomic E-state index is 2.42. The number of likely N-dealkylation sites (N-methyl/N-ethyl adjacent to an activating group) is 1. The first-order chi connectivity index (χ1) is 7.84. The van der Waals surface area contributed by atoms with E-state index in [1.807, 2.05) is 11.3 Å². The summed E-state index contributed by atoms with van der Waals surface area (Å²) in [6.45, 7) is 0. The zero-order chi connectivity index (χ0) is 11.0. The Morgan fingerprint density at radius 1 is 1.06 bits per heavy atom. The van der Waals surface area contributed by atoms with E-state index in [1.54, 1.807) is 0 Å². The summed E-state index contributed by atoms with van der Waals surface area (Å²) >= 11 is 1.82. The lowest BCUT2D eigenvalue weighted by atomic mass is 10.1. The van der Waals surface area contributed by atoms with Gasteiger partial charge in [-0.2, -0.15) is 0 Å². The Labute approximate surface area is 112 Å². The fourth-order valence-corrected chi connectivity index (χ4v) is 3.23. The minimum absolute atomic E-state index is 0. The van der Waals surface area contributed by atoms with E-state index in [1.165, 1.54) is 29.0 Å². The number of nitrogens with zero attached hydrogens (tertiary/aromatic N) is 1. The highest BCUT2D eigenvalue weighted by atomic mass is 35.5. The van der Waals surface area contributed by atoms with Crippen molar-refractivity contribution in [2.24, 2.45) is 0 Å². The van der Waals surface area contributed by atoms with E-state index in [2.05, 4.69) is 53.7 Å². The molecule has 0 fully saturated rings. The number of fused-ring (bicyclic) bond motifs is 1. The molecule has 1 aromatic carbocycles. The van der Waals surface area contributed by atoms with Gasteiger partial charge in [0.2, 0.25) is 0 Å². The topological polar surface area (TPSA) is 3.24 Å². The Morgan fingerprint density at radius 3 is 2.24 bits per heavy atom. The predicted octanol–water partition coefficient (Wildman–Crippen LogP) is 3.77. The van der Waals surface area contributed by atoms with Gasteiger partial charge in [0.05, 0.1) is 5.00 Å². The van der Waals surface area contributed by atoms with E-state index >= 15 is 0 Å². The van der Waals surface area contributed by atoms with E-state index in [9.17, 15) is 0 Å². The van der Waals surface area contributed by atoms with Crippen LogP contribution in [0.4, 0.5) is 5.00 Å². The molecule has 0 bridgehead atoms. The first-order valence-electron chi connectivity index (χ1n) is 5.68. The molecule has 17 heavy (non-hydrogen) atoms. The number of rotatable bonds is 2. The van der Waals surface area contributed by atoms with E-state index in [-0.39, 0.29) is 12.4 Å². The summed E-state index contributed by atoms with van der Waals surface area (Å²) in [6.07, 6.45) is 2.37. The summed E-state index contributed by atoms with van der Waals surface area (Å²) in [4.78, 5) is 2.42. The molecule has 0 atom stereocenters. The average molecular weight is 266 g/mol. The molecule has 2 aromatic rings. The van der Waals surface area contributed by atoms with Crippen molar-refractivity contribution >= 4 is 28.7 Å². The van der Waals surface area contributed by atoms with Crippen molar-refractivity contribution in [3.8, 4) is 0 Å². The largest absolute Gasteiger partial charge is 0.363 e. The number of thiophene rings is 1. The molecule has 0 spiro atoms. The number of anilines is 1. The smallest absolute Gasteiger partial charge is 0.0908 e. The van der Waals surface area contributed by atoms with Gasteiger partial charge in [-0.3, -0.25) is 0 Å². The molecule has 1 aliphatic rings. The molecule has 1 aromatic heterocycles. The first-order valence-corrected chi connectivity index (χ1v) is 6.55. The quantitative estimate of drug-likeness (QED) is 0.799. The third-order valence-corrected chi connectivity index (χ3v) is 4.39. The van der Waals surface area contributed by atoms with Gasteiger partial charge in [0.15, 0.2) is 0 Å². The number of halogens is 1. The Kier molecular flexibility index (Phi) is 3.75. The second-order valence-corrected chi connectivity index (χ2v) is 5.32. The first kappa shape index (κ1) is 12.5. The van der Waals surface area contributed by atoms with Crippen molar-refractivity contribution in [1.29, 1.82) is 0 Å². The zero-order valence-corrected chi connectivity index (χ0v) is 11.4. The van der Waals surface area contributed by atoms with Crippen LogP contribution in [-0.2, 0) is 12.8 Å². The van der Waals surface area contributed by atoms with Crippen molar-refractivity contribution in [2.45, 2.75) is 18.9 Å². The SMILES string of the molecule is CN(c1cccs1)C1Cc2ccccc2C1.Cl. The lowest BCUT2D eigenvalue weighted by Gasteiger charge is -2.24. The van der Waals surface area contributed by atoms with Crippen LogP contribution < -0.4 is 4.90 Å². The molecule has 3 heteroatoms. The van der Waals surface area contributed by atoms with Crippen LogP contribution in [0.25, 0.3) is 0 Å². The van der Waals surface area contributed by atoms with Gasteiger partial charge in [0.1, 0.15) is 0 Å². The van der Waals surface area contributed by atoms with Gasteiger partial charge in [0, 0.05) is 13.1 Å². The molecule has 1 heterocycles. The van der Waals surface area contributed by atoms with Crippen LogP contribution in [0.15, 0.2) is 41.8 Å². The summed E-state index contributed by atoms with van der Waals surface area (Å²) in [6, 6.07) is 13.8. The molecule has 1 nitrogen and oxygen atoms in total. The Bertz CT molecular complexity index is 456. The van der Waals surface area contributed by atoms with E-state index in [0.717, 1.165) is 0 Å². The molecule has 1 aliphatic carbocycles. The molecular weight excluding hydrogens is 250 g/mol. The van der Waals surface area contributed by atoms with Crippen LogP contribution in [0, 0.1) is 0 Å². The second-order valence-electron chi connectivity index (χ2n) is 4.39. The molecule has 0 aliphatic heterocycles. The van der Waals surface area contributed by atoms with Crippen molar-refractivity contribution in [3.05, 3.63) is 52.9 Å². The molecule has 0 N–H and O–H groups in total. The zero-order valence-electron chi connectivity index (χ0n) is 9.80. The van der Waals surface area contributed by atoms with E-state index in [0.29, 0.717) is 6.04 Å². The molecule has 0 radical (unpaired) electrons. The van der Waals surface area contributed by atoms with Gasteiger partial charge in [0.25, 0.3) is 0 Å². The van der Waals surface area contributed by atoms with Gasteiger partial charge < -0.3 is 4.90 Å². The van der Waals surface area contributed by atoms with Gasteiger partial charge in [-0.05, 0) is 41.5 Å². The highest BCUT2D eigenvalue weighted by Crippen LogP contribution is 2.29.